The van der Waals surface area contributed by atoms with Gasteiger partial charge >= 0.3 is 0 Å². The number of hydrogen-bond acceptors (Lipinski definition) is 6. The van der Waals surface area contributed by atoms with E-state index in [2.05, 4.69) is 33.4 Å². The number of aromatic nitrogens is 3. The Balaban J connectivity index is 1.38. The Morgan fingerprint density at radius 3 is 2.52 bits per heavy atom. The Morgan fingerprint density at radius 1 is 1.10 bits per heavy atom. The lowest BCUT2D eigenvalue weighted by Gasteiger charge is -2.28. The molecule has 1 saturated heterocycles. The summed E-state index contributed by atoms with van der Waals surface area (Å²) in [6.07, 6.45) is 0. The van der Waals surface area contributed by atoms with Gasteiger partial charge in [0.15, 0.2) is 11.0 Å². The molecule has 3 aromatic rings. The number of ether oxygens (including phenoxy) is 1. The molecule has 1 N–H and O–H groups in total. The highest BCUT2D eigenvalue weighted by Crippen LogP contribution is 2.28. The van der Waals surface area contributed by atoms with E-state index in [1.54, 1.807) is 0 Å². The smallest absolute Gasteiger partial charge is 0.237 e. The second-order valence-corrected chi connectivity index (χ2v) is 8.88. The molecule has 8 heteroatoms. The number of thioether (sulfide) groups is 1. The first kappa shape index (κ1) is 21.4. The van der Waals surface area contributed by atoms with Crippen molar-refractivity contribution in [3.63, 3.8) is 0 Å². The van der Waals surface area contributed by atoms with Crippen LogP contribution in [-0.2, 0) is 16.6 Å². The maximum Gasteiger partial charge on any atom is 0.237 e. The number of rotatable bonds is 6. The summed E-state index contributed by atoms with van der Waals surface area (Å²) >= 11 is 1.40. The van der Waals surface area contributed by atoms with Crippen LogP contribution in [0.5, 0.6) is 0 Å². The molecular weight excluding hydrogens is 410 g/mol. The Kier molecular flexibility index (Phi) is 6.58. The Bertz CT molecular complexity index is 1040. The van der Waals surface area contributed by atoms with Gasteiger partial charge in [-0.05, 0) is 43.7 Å². The SMILES string of the molecule is Cc1ccccc1-c1nnc(SC(C)C(=O)Nc2ccc(N3CCOCC3)cc2)n1C. The van der Waals surface area contributed by atoms with E-state index in [0.717, 1.165) is 54.6 Å². The topological polar surface area (TPSA) is 72.3 Å². The number of benzene rings is 2. The zero-order valence-electron chi connectivity index (χ0n) is 18.0. The van der Waals surface area contributed by atoms with Crippen molar-refractivity contribution in [2.24, 2.45) is 7.05 Å². The minimum Gasteiger partial charge on any atom is -0.378 e. The van der Waals surface area contributed by atoms with Crippen LogP contribution >= 0.6 is 11.8 Å². The van der Waals surface area contributed by atoms with Gasteiger partial charge in [0.1, 0.15) is 0 Å². The first-order valence-corrected chi connectivity index (χ1v) is 11.3. The molecule has 0 bridgehead atoms. The van der Waals surface area contributed by atoms with Gasteiger partial charge in [0.05, 0.1) is 18.5 Å². The number of anilines is 2. The molecule has 7 nitrogen and oxygen atoms in total. The van der Waals surface area contributed by atoms with Crippen LogP contribution in [0.15, 0.2) is 53.7 Å². The van der Waals surface area contributed by atoms with Gasteiger partial charge in [0.2, 0.25) is 5.91 Å². The molecule has 2 heterocycles. The molecule has 0 spiro atoms. The van der Waals surface area contributed by atoms with Crippen molar-refractivity contribution in [1.29, 1.82) is 0 Å². The normalized spacial score (nSPS) is 15.0. The number of aryl methyl sites for hydroxylation is 1. The lowest BCUT2D eigenvalue weighted by molar-refractivity contribution is -0.115. The highest BCUT2D eigenvalue weighted by atomic mass is 32.2. The van der Waals surface area contributed by atoms with Gasteiger partial charge in [-0.25, -0.2) is 0 Å². The molecule has 162 valence electrons. The van der Waals surface area contributed by atoms with Crippen LogP contribution in [0.25, 0.3) is 11.4 Å². The van der Waals surface area contributed by atoms with Crippen LogP contribution in [0.1, 0.15) is 12.5 Å². The van der Waals surface area contributed by atoms with Gasteiger partial charge in [0.25, 0.3) is 0 Å². The summed E-state index contributed by atoms with van der Waals surface area (Å²) in [4.78, 5) is 15.0. The lowest BCUT2D eigenvalue weighted by atomic mass is 10.1. The highest BCUT2D eigenvalue weighted by Gasteiger charge is 2.20. The van der Waals surface area contributed by atoms with Gasteiger partial charge in [-0.15, -0.1) is 10.2 Å². The van der Waals surface area contributed by atoms with Crippen molar-refractivity contribution in [1.82, 2.24) is 14.8 Å². The first-order valence-electron chi connectivity index (χ1n) is 10.4. The van der Waals surface area contributed by atoms with E-state index in [1.165, 1.54) is 11.8 Å². The van der Waals surface area contributed by atoms with Crippen LogP contribution in [-0.4, -0.2) is 52.2 Å². The first-order chi connectivity index (χ1) is 15.0. The van der Waals surface area contributed by atoms with E-state index >= 15 is 0 Å². The quantitative estimate of drug-likeness (QED) is 0.592. The molecule has 1 amide bonds. The monoisotopic (exact) mass is 437 g/mol. The van der Waals surface area contributed by atoms with E-state index in [0.29, 0.717) is 5.16 Å². The molecule has 1 aliphatic rings. The van der Waals surface area contributed by atoms with Gasteiger partial charge in [-0.2, -0.15) is 0 Å². The summed E-state index contributed by atoms with van der Waals surface area (Å²) in [5.74, 6) is 0.733. The average molecular weight is 438 g/mol. The number of nitrogens with zero attached hydrogens (tertiary/aromatic N) is 4. The number of carbonyl (C=O) groups is 1. The molecule has 0 radical (unpaired) electrons. The van der Waals surface area contributed by atoms with E-state index < -0.39 is 0 Å². The molecule has 0 aliphatic carbocycles. The number of carbonyl (C=O) groups excluding carboxylic acids is 1. The van der Waals surface area contributed by atoms with Crippen molar-refractivity contribution in [3.05, 3.63) is 54.1 Å². The average Bonchev–Trinajstić information content (AvgIpc) is 3.15. The van der Waals surface area contributed by atoms with Gasteiger partial charge in [0, 0.05) is 37.1 Å². The van der Waals surface area contributed by atoms with Gasteiger partial charge < -0.3 is 19.5 Å². The van der Waals surface area contributed by atoms with E-state index in [9.17, 15) is 4.79 Å². The summed E-state index contributed by atoms with van der Waals surface area (Å²) in [6.45, 7) is 7.21. The predicted octanol–water partition coefficient (Wildman–Crippen LogP) is 3.75. The van der Waals surface area contributed by atoms with Crippen molar-refractivity contribution < 1.29 is 9.53 Å². The molecule has 0 saturated carbocycles. The summed E-state index contributed by atoms with van der Waals surface area (Å²) in [7, 11) is 1.93. The fourth-order valence-corrected chi connectivity index (χ4v) is 4.32. The van der Waals surface area contributed by atoms with E-state index in [1.807, 2.05) is 61.0 Å². The van der Waals surface area contributed by atoms with Crippen LogP contribution in [0.2, 0.25) is 0 Å². The van der Waals surface area contributed by atoms with Crippen molar-refractivity contribution >= 4 is 29.0 Å². The molecule has 31 heavy (non-hydrogen) atoms. The molecule has 1 aromatic heterocycles. The number of hydrogen-bond donors (Lipinski definition) is 1. The summed E-state index contributed by atoms with van der Waals surface area (Å²) < 4.78 is 7.34. The summed E-state index contributed by atoms with van der Waals surface area (Å²) in [6, 6.07) is 16.0. The largest absolute Gasteiger partial charge is 0.378 e. The van der Waals surface area contributed by atoms with Crippen molar-refractivity contribution in [3.8, 4) is 11.4 Å². The van der Waals surface area contributed by atoms with E-state index in [4.69, 9.17) is 4.74 Å². The number of morpholine rings is 1. The molecule has 2 aromatic carbocycles. The van der Waals surface area contributed by atoms with Crippen LogP contribution in [0.4, 0.5) is 11.4 Å². The van der Waals surface area contributed by atoms with E-state index in [-0.39, 0.29) is 11.2 Å². The molecule has 1 unspecified atom stereocenters. The molecule has 1 aliphatic heterocycles. The van der Waals surface area contributed by atoms with Crippen molar-refractivity contribution in [2.75, 3.05) is 36.5 Å². The fraction of sp³-hybridized carbons (Fsp3) is 0.348. The zero-order chi connectivity index (χ0) is 21.8. The van der Waals surface area contributed by atoms with Crippen LogP contribution in [0.3, 0.4) is 0 Å². The lowest BCUT2D eigenvalue weighted by Crippen LogP contribution is -2.36. The highest BCUT2D eigenvalue weighted by molar-refractivity contribution is 8.00. The predicted molar refractivity (Wildman–Crippen MR) is 125 cm³/mol. The fourth-order valence-electron chi connectivity index (χ4n) is 3.51. The molecule has 1 fully saturated rings. The molecule has 4 rings (SSSR count). The Morgan fingerprint density at radius 2 is 1.81 bits per heavy atom. The Hall–Kier alpha value is -2.84. The summed E-state index contributed by atoms with van der Waals surface area (Å²) in [5.41, 5.74) is 4.11. The Labute approximate surface area is 186 Å². The second-order valence-electron chi connectivity index (χ2n) is 7.58. The zero-order valence-corrected chi connectivity index (χ0v) is 18.9. The number of amides is 1. The van der Waals surface area contributed by atoms with Gasteiger partial charge in [-0.1, -0.05) is 36.0 Å². The third-order valence-corrected chi connectivity index (χ3v) is 6.52. The maximum absolute atomic E-state index is 12.7. The molecular formula is C23H27N5O2S. The standard InChI is InChI=1S/C23H27N5O2S/c1-16-6-4-5-7-20(16)21-25-26-23(27(21)3)31-17(2)22(29)24-18-8-10-19(11-9-18)28-12-14-30-15-13-28/h4-11,17H,12-15H2,1-3H3,(H,24,29). The third kappa shape index (κ3) is 4.91. The minimum absolute atomic E-state index is 0.0652. The second kappa shape index (κ2) is 9.53. The van der Waals surface area contributed by atoms with Crippen LogP contribution < -0.4 is 10.2 Å². The molecule has 1 atom stereocenters. The van der Waals surface area contributed by atoms with Crippen molar-refractivity contribution in [2.45, 2.75) is 24.3 Å². The third-order valence-electron chi connectivity index (χ3n) is 5.38. The number of nitrogens with one attached hydrogen (secondary N) is 1. The summed E-state index contributed by atoms with van der Waals surface area (Å²) in [5, 5.41) is 12.0. The minimum atomic E-state index is -0.313. The van der Waals surface area contributed by atoms with Gasteiger partial charge in [-0.3, -0.25) is 4.79 Å². The van der Waals surface area contributed by atoms with Crippen LogP contribution in [0, 0.1) is 6.92 Å². The maximum atomic E-state index is 12.7.